The molecule has 2 rings (SSSR count). The van der Waals surface area contributed by atoms with Crippen LogP contribution < -0.4 is 0 Å². The molecule has 0 saturated carbocycles. The second-order valence-electron chi connectivity index (χ2n) is 5.02. The molecule has 0 heterocycles. The highest BCUT2D eigenvalue weighted by molar-refractivity contribution is 5.40. The topological polar surface area (TPSA) is 20.2 Å². The van der Waals surface area contributed by atoms with Gasteiger partial charge in [-0.05, 0) is 30.2 Å². The first-order valence-corrected chi connectivity index (χ1v) is 5.85. The van der Waals surface area contributed by atoms with E-state index < -0.39 is 0 Å². The van der Waals surface area contributed by atoms with Gasteiger partial charge >= 0.3 is 0 Å². The van der Waals surface area contributed by atoms with Gasteiger partial charge in [0.25, 0.3) is 1.43 Å². The van der Waals surface area contributed by atoms with Crippen molar-refractivity contribution in [1.82, 2.24) is 0 Å². The summed E-state index contributed by atoms with van der Waals surface area (Å²) in [5, 5.41) is 4.45. The van der Waals surface area contributed by atoms with Gasteiger partial charge < -0.3 is 5.11 Å². The second-order valence-corrected chi connectivity index (χ2v) is 5.02. The minimum atomic E-state index is -0.0474. The van der Waals surface area contributed by atoms with Crippen molar-refractivity contribution in [3.8, 4) is 5.75 Å². The Morgan fingerprint density at radius 2 is 1.35 bits per heavy atom. The normalized spacial score (nSPS) is 12.1. The molecule has 0 atom stereocenters. The molecule has 0 aliphatic rings. The first kappa shape index (κ1) is 10.4. The lowest BCUT2D eigenvalue weighted by atomic mass is 9.78. The van der Waals surface area contributed by atoms with Crippen molar-refractivity contribution in [2.45, 2.75) is 26.2 Å². The summed E-state index contributed by atoms with van der Waals surface area (Å²) < 4.78 is 6.86. The van der Waals surface area contributed by atoms with Crippen LogP contribution >= 0.6 is 0 Å². The van der Waals surface area contributed by atoms with Crippen molar-refractivity contribution in [1.29, 1.82) is 1.43 Å². The van der Waals surface area contributed by atoms with Gasteiger partial charge in [0.1, 0.15) is 5.75 Å². The van der Waals surface area contributed by atoms with E-state index in [-0.39, 0.29) is 5.41 Å². The molecule has 88 valence electrons. The standard InChI is InChI=1S/C16H18O/c1-12-4-6-13(7-5-12)16(2,3)14-8-10-15(17)11-9-14/h4-11,17H,1-3H3/i/hD. The zero-order chi connectivity index (χ0) is 13.2. The summed E-state index contributed by atoms with van der Waals surface area (Å²) in [4.78, 5) is 0. The molecule has 0 amide bonds. The van der Waals surface area contributed by atoms with Crippen LogP contribution in [0.3, 0.4) is 0 Å². The summed E-state index contributed by atoms with van der Waals surface area (Å²) in [6.07, 6.45) is 0. The molecule has 0 fully saturated rings. The maximum atomic E-state index is 6.86. The van der Waals surface area contributed by atoms with E-state index in [1.54, 1.807) is 0 Å². The van der Waals surface area contributed by atoms with E-state index in [0.29, 0.717) is 5.75 Å². The molecule has 0 unspecified atom stereocenters. The fourth-order valence-corrected chi connectivity index (χ4v) is 2.01. The summed E-state index contributed by atoms with van der Waals surface area (Å²) in [6.45, 7) is 6.50. The number of hydrogen-bond acceptors (Lipinski definition) is 1. The number of benzene rings is 2. The Morgan fingerprint density at radius 1 is 0.882 bits per heavy atom. The Labute approximate surface area is 104 Å². The smallest absolute Gasteiger partial charge is 0.293 e. The SMILES string of the molecule is [2H]Oc1ccc(C(C)(C)c2ccc(C)cc2)cc1. The Bertz CT molecular complexity index is 512. The third kappa shape index (κ3) is 2.33. The van der Waals surface area contributed by atoms with E-state index in [0.717, 1.165) is 0 Å². The number of rotatable bonds is 3. The number of phenolic OH excluding ortho intramolecular Hbond substituents is 1. The predicted molar refractivity (Wildman–Crippen MR) is 71.4 cm³/mol. The maximum Gasteiger partial charge on any atom is 0.293 e. The number of aryl methyl sites for hydroxylation is 1. The molecule has 0 aliphatic heterocycles. The molecule has 0 aromatic heterocycles. The van der Waals surface area contributed by atoms with Gasteiger partial charge in [0, 0.05) is 5.41 Å². The molecule has 0 bridgehead atoms. The Balaban J connectivity index is 2.37. The van der Waals surface area contributed by atoms with E-state index in [9.17, 15) is 0 Å². The van der Waals surface area contributed by atoms with Crippen LogP contribution in [0.25, 0.3) is 0 Å². The fourth-order valence-electron chi connectivity index (χ4n) is 2.01. The summed E-state index contributed by atoms with van der Waals surface area (Å²) >= 11 is 0. The monoisotopic (exact) mass is 227 g/mol. The largest absolute Gasteiger partial charge is 0.508 e. The molecule has 0 spiro atoms. The van der Waals surface area contributed by atoms with Crippen LogP contribution in [0.2, 0.25) is 0 Å². The van der Waals surface area contributed by atoms with Crippen LogP contribution in [0.4, 0.5) is 0 Å². The van der Waals surface area contributed by atoms with Gasteiger partial charge in [-0.25, -0.2) is 0 Å². The van der Waals surface area contributed by atoms with Crippen LogP contribution in [-0.2, 0) is 5.41 Å². The summed E-state index contributed by atoms with van der Waals surface area (Å²) in [7, 11) is 0. The maximum absolute atomic E-state index is 6.86. The van der Waals surface area contributed by atoms with Gasteiger partial charge in [-0.3, -0.25) is 0 Å². The number of hydrogen-bond donors (Lipinski definition) is 1. The average molecular weight is 227 g/mol. The molecule has 1 nitrogen and oxygen atoms in total. The molecule has 2 aromatic rings. The van der Waals surface area contributed by atoms with Crippen LogP contribution in [0.5, 0.6) is 5.75 Å². The van der Waals surface area contributed by atoms with E-state index in [1.165, 1.54) is 16.7 Å². The summed E-state index contributed by atoms with van der Waals surface area (Å²) in [5.41, 5.74) is 3.72. The molecule has 17 heavy (non-hydrogen) atoms. The fraction of sp³-hybridized carbons (Fsp3) is 0.250. The third-order valence-corrected chi connectivity index (χ3v) is 3.35. The van der Waals surface area contributed by atoms with Gasteiger partial charge in [-0.2, -0.15) is 0 Å². The minimum absolute atomic E-state index is 0.0474. The minimum Gasteiger partial charge on any atom is -0.508 e. The van der Waals surface area contributed by atoms with E-state index in [2.05, 4.69) is 50.1 Å². The van der Waals surface area contributed by atoms with Crippen LogP contribution in [0.1, 0.15) is 30.5 Å². The van der Waals surface area contributed by atoms with Crippen LogP contribution in [0.15, 0.2) is 48.5 Å². The van der Waals surface area contributed by atoms with Gasteiger partial charge in [0.15, 0.2) is 0 Å². The quantitative estimate of drug-likeness (QED) is 0.839. The van der Waals surface area contributed by atoms with Gasteiger partial charge in [-0.15, -0.1) is 0 Å². The summed E-state index contributed by atoms with van der Waals surface area (Å²) in [5.74, 6) is 0.568. The molecule has 2 aromatic carbocycles. The summed E-state index contributed by atoms with van der Waals surface area (Å²) in [6, 6.07) is 16.3. The molecular formula is C16H18O. The highest BCUT2D eigenvalue weighted by Gasteiger charge is 2.22. The van der Waals surface area contributed by atoms with Crippen molar-refractivity contribution in [3.63, 3.8) is 0 Å². The predicted octanol–water partition coefficient (Wildman–Crippen LogP) is 4.03. The Hall–Kier alpha value is -1.76. The zero-order valence-corrected chi connectivity index (χ0v) is 10.5. The van der Waals surface area contributed by atoms with Gasteiger partial charge in [0.05, 0.1) is 0 Å². The lowest BCUT2D eigenvalue weighted by molar-refractivity contribution is 0.474. The lowest BCUT2D eigenvalue weighted by Gasteiger charge is -2.26. The number of phenols is 1. The second kappa shape index (κ2) is 4.25. The molecule has 0 radical (unpaired) electrons. The van der Waals surface area contributed by atoms with Crippen molar-refractivity contribution >= 4 is 0 Å². The van der Waals surface area contributed by atoms with E-state index >= 15 is 0 Å². The van der Waals surface area contributed by atoms with Crippen LogP contribution in [-0.4, -0.2) is 6.54 Å². The Morgan fingerprint density at radius 3 is 1.82 bits per heavy atom. The van der Waals surface area contributed by atoms with Crippen molar-refractivity contribution in [2.24, 2.45) is 0 Å². The Kier molecular flexibility index (Phi) is 2.60. The van der Waals surface area contributed by atoms with E-state index in [4.69, 9.17) is 1.43 Å². The highest BCUT2D eigenvalue weighted by atomic mass is 16.3. The first-order chi connectivity index (χ1) is 8.54. The van der Waals surface area contributed by atoms with Crippen molar-refractivity contribution < 1.29 is 5.11 Å². The highest BCUT2D eigenvalue weighted by Crippen LogP contribution is 2.32. The zero-order valence-electron chi connectivity index (χ0n) is 11.5. The molecule has 0 aliphatic carbocycles. The van der Waals surface area contributed by atoms with Crippen molar-refractivity contribution in [2.75, 3.05) is 0 Å². The molecule has 1 heteroatoms. The van der Waals surface area contributed by atoms with Crippen LogP contribution in [0, 0.1) is 6.92 Å². The molecular weight excluding hydrogens is 208 g/mol. The van der Waals surface area contributed by atoms with Gasteiger partial charge in [0.2, 0.25) is 0 Å². The third-order valence-electron chi connectivity index (χ3n) is 3.35. The van der Waals surface area contributed by atoms with E-state index in [1.807, 2.05) is 24.3 Å². The van der Waals surface area contributed by atoms with Crippen molar-refractivity contribution in [3.05, 3.63) is 65.2 Å². The van der Waals surface area contributed by atoms with Gasteiger partial charge in [-0.1, -0.05) is 55.8 Å². The number of aromatic hydroxyl groups is 1. The molecule has 1 N–H and O–H groups in total. The lowest BCUT2D eigenvalue weighted by Crippen LogP contribution is -2.18. The first-order valence-electron chi connectivity index (χ1n) is 6.26. The molecule has 0 saturated heterocycles. The average Bonchev–Trinajstić information content (AvgIpc) is 2.39.